The van der Waals surface area contributed by atoms with E-state index in [0.29, 0.717) is 6.42 Å². The summed E-state index contributed by atoms with van der Waals surface area (Å²) in [7, 11) is 0. The number of carbonyl (C=O) groups excluding carboxylic acids is 1. The van der Waals surface area contributed by atoms with Crippen LogP contribution in [-0.4, -0.2) is 46.1 Å². The van der Waals surface area contributed by atoms with Crippen LogP contribution >= 0.6 is 0 Å². The van der Waals surface area contributed by atoms with Crippen LogP contribution in [0.2, 0.25) is 0 Å². The molecule has 1 amide bonds. The zero-order valence-electron chi connectivity index (χ0n) is 30.9. The van der Waals surface area contributed by atoms with Crippen LogP contribution in [0.1, 0.15) is 187 Å². The Morgan fingerprint density at radius 2 is 0.979 bits per heavy atom. The van der Waals surface area contributed by atoms with Crippen molar-refractivity contribution in [3.8, 4) is 0 Å². The van der Waals surface area contributed by atoms with Crippen LogP contribution < -0.4 is 5.32 Å². The summed E-state index contributed by atoms with van der Waals surface area (Å²) in [6.07, 6.45) is 46.8. The average Bonchev–Trinajstić information content (AvgIpc) is 3.06. The quantitative estimate of drug-likeness (QED) is 0.0402. The molecule has 47 heavy (non-hydrogen) atoms. The maximum absolute atomic E-state index is 12.3. The Morgan fingerprint density at radius 1 is 0.553 bits per heavy atom. The Kier molecular flexibility index (Phi) is 35.8. The fourth-order valence-corrected chi connectivity index (χ4v) is 5.74. The van der Waals surface area contributed by atoms with Crippen LogP contribution in [0, 0.1) is 0 Å². The predicted octanol–water partition coefficient (Wildman–Crippen LogP) is 11.0. The number of allylic oxidation sites excluding steroid dienone is 7. The third-order valence-corrected chi connectivity index (χ3v) is 8.84. The van der Waals surface area contributed by atoms with Gasteiger partial charge in [0.2, 0.25) is 5.91 Å². The molecule has 3 atom stereocenters. The van der Waals surface area contributed by atoms with Crippen molar-refractivity contribution in [2.75, 3.05) is 6.61 Å². The summed E-state index contributed by atoms with van der Waals surface area (Å²) in [5, 5.41) is 32.9. The molecule has 0 saturated heterocycles. The van der Waals surface area contributed by atoms with Gasteiger partial charge in [0.05, 0.1) is 31.3 Å². The van der Waals surface area contributed by atoms with Gasteiger partial charge in [-0.15, -0.1) is 0 Å². The van der Waals surface area contributed by atoms with Crippen molar-refractivity contribution in [1.29, 1.82) is 0 Å². The predicted molar refractivity (Wildman–Crippen MR) is 204 cm³/mol. The van der Waals surface area contributed by atoms with E-state index in [0.717, 1.165) is 44.9 Å². The molecule has 0 aliphatic heterocycles. The molecule has 3 unspecified atom stereocenters. The van der Waals surface area contributed by atoms with Gasteiger partial charge in [-0.2, -0.15) is 0 Å². The lowest BCUT2D eigenvalue weighted by molar-refractivity contribution is -0.124. The fourth-order valence-electron chi connectivity index (χ4n) is 5.74. The molecule has 0 aromatic carbocycles. The van der Waals surface area contributed by atoms with Crippen molar-refractivity contribution in [3.63, 3.8) is 0 Å². The van der Waals surface area contributed by atoms with Gasteiger partial charge in [-0.3, -0.25) is 4.79 Å². The van der Waals surface area contributed by atoms with Crippen molar-refractivity contribution in [2.45, 2.75) is 205 Å². The van der Waals surface area contributed by atoms with Crippen LogP contribution in [0.4, 0.5) is 0 Å². The minimum atomic E-state index is -0.952. The lowest BCUT2D eigenvalue weighted by Crippen LogP contribution is -2.45. The largest absolute Gasteiger partial charge is 0.394 e. The first-order valence-electron chi connectivity index (χ1n) is 19.9. The molecule has 0 aromatic heterocycles. The molecule has 0 aromatic rings. The van der Waals surface area contributed by atoms with E-state index in [1.54, 1.807) is 6.08 Å². The summed E-state index contributed by atoms with van der Waals surface area (Å²) < 4.78 is 0. The molecule has 5 nitrogen and oxygen atoms in total. The standard InChI is InChI=1S/C42H77NO4/c1-3-5-7-9-11-13-14-15-16-17-18-19-20-21-22-23-24-25-26-28-29-31-33-35-39(45)37-42(47)43-40(38-44)41(46)36-34-32-30-27-12-10-8-6-4-2/h12,18-19,21-22,27,34,36,39-41,44-46H,3-11,13-17,20,23-26,28-33,35,37-38H2,1-2H3,(H,43,47)/b19-18-,22-21-,27-12+,36-34+. The smallest absolute Gasteiger partial charge is 0.222 e. The van der Waals surface area contributed by atoms with E-state index < -0.39 is 18.2 Å². The van der Waals surface area contributed by atoms with Gasteiger partial charge in [-0.05, 0) is 64.2 Å². The molecular weight excluding hydrogens is 582 g/mol. The highest BCUT2D eigenvalue weighted by molar-refractivity contribution is 5.76. The molecule has 0 bridgehead atoms. The van der Waals surface area contributed by atoms with Crippen LogP contribution in [0.5, 0.6) is 0 Å². The highest BCUT2D eigenvalue weighted by atomic mass is 16.3. The summed E-state index contributed by atoms with van der Waals surface area (Å²) in [6, 6.07) is -0.762. The second kappa shape index (κ2) is 37.1. The van der Waals surface area contributed by atoms with Crippen LogP contribution in [-0.2, 0) is 4.79 Å². The molecule has 0 aliphatic rings. The highest BCUT2D eigenvalue weighted by Crippen LogP contribution is 2.13. The Balaban J connectivity index is 3.68. The number of amides is 1. The molecule has 5 heteroatoms. The zero-order valence-corrected chi connectivity index (χ0v) is 30.9. The second-order valence-corrected chi connectivity index (χ2v) is 13.5. The third-order valence-electron chi connectivity index (χ3n) is 8.84. The molecule has 0 fully saturated rings. The summed E-state index contributed by atoms with van der Waals surface area (Å²) in [6.45, 7) is 4.13. The van der Waals surface area contributed by atoms with Crippen molar-refractivity contribution >= 4 is 5.91 Å². The van der Waals surface area contributed by atoms with E-state index in [2.05, 4.69) is 55.6 Å². The molecule has 4 N–H and O–H groups in total. The average molecular weight is 660 g/mol. The summed E-state index contributed by atoms with van der Waals surface area (Å²) in [5.41, 5.74) is 0. The first-order valence-corrected chi connectivity index (χ1v) is 19.9. The van der Waals surface area contributed by atoms with E-state index >= 15 is 0 Å². The SMILES string of the molecule is CCCCC/C=C/CC/C=C/C(O)C(CO)NC(=O)CC(O)CCCCCCCCC/C=C\C/C=C\CCCCCCCCCCC. The number of rotatable bonds is 35. The van der Waals surface area contributed by atoms with Gasteiger partial charge < -0.3 is 20.6 Å². The van der Waals surface area contributed by atoms with Crippen molar-refractivity contribution in [1.82, 2.24) is 5.32 Å². The highest BCUT2D eigenvalue weighted by Gasteiger charge is 2.20. The van der Waals surface area contributed by atoms with Gasteiger partial charge in [0.1, 0.15) is 0 Å². The number of nitrogens with one attached hydrogen (secondary N) is 1. The number of unbranched alkanes of at least 4 members (excludes halogenated alkanes) is 20. The lowest BCUT2D eigenvalue weighted by Gasteiger charge is -2.21. The Bertz CT molecular complexity index is 775. The summed E-state index contributed by atoms with van der Waals surface area (Å²) >= 11 is 0. The van der Waals surface area contributed by atoms with Crippen LogP contribution in [0.3, 0.4) is 0 Å². The maximum atomic E-state index is 12.3. The van der Waals surface area contributed by atoms with E-state index in [9.17, 15) is 20.1 Å². The van der Waals surface area contributed by atoms with Gasteiger partial charge in [-0.1, -0.05) is 165 Å². The van der Waals surface area contributed by atoms with Crippen LogP contribution in [0.25, 0.3) is 0 Å². The normalized spacial score (nSPS) is 14.2. The molecule has 0 rings (SSSR count). The zero-order chi connectivity index (χ0) is 34.5. The number of aliphatic hydroxyl groups excluding tert-OH is 3. The molecule has 274 valence electrons. The second-order valence-electron chi connectivity index (χ2n) is 13.5. The summed E-state index contributed by atoms with van der Waals surface area (Å²) in [5.74, 6) is -0.335. The number of hydrogen-bond acceptors (Lipinski definition) is 4. The molecule has 0 radical (unpaired) electrons. The van der Waals surface area contributed by atoms with E-state index in [4.69, 9.17) is 0 Å². The molecule has 0 heterocycles. The maximum Gasteiger partial charge on any atom is 0.222 e. The van der Waals surface area contributed by atoms with Gasteiger partial charge in [0, 0.05) is 0 Å². The minimum Gasteiger partial charge on any atom is -0.394 e. The monoisotopic (exact) mass is 660 g/mol. The van der Waals surface area contributed by atoms with Crippen molar-refractivity contribution in [2.24, 2.45) is 0 Å². The van der Waals surface area contributed by atoms with Crippen molar-refractivity contribution in [3.05, 3.63) is 48.6 Å². The number of aliphatic hydroxyl groups is 3. The first kappa shape index (κ1) is 45.3. The Morgan fingerprint density at radius 3 is 1.53 bits per heavy atom. The van der Waals surface area contributed by atoms with E-state index in [1.807, 2.05) is 6.08 Å². The van der Waals surface area contributed by atoms with Gasteiger partial charge in [0.25, 0.3) is 0 Å². The molecule has 0 aliphatic carbocycles. The molecule has 0 saturated carbocycles. The molecule has 0 spiro atoms. The minimum absolute atomic E-state index is 0.00161. The van der Waals surface area contributed by atoms with Crippen LogP contribution in [0.15, 0.2) is 48.6 Å². The van der Waals surface area contributed by atoms with E-state index in [1.165, 1.54) is 116 Å². The topological polar surface area (TPSA) is 89.8 Å². The number of carbonyl (C=O) groups is 1. The van der Waals surface area contributed by atoms with E-state index in [-0.39, 0.29) is 18.9 Å². The van der Waals surface area contributed by atoms with Gasteiger partial charge in [0.15, 0.2) is 0 Å². The first-order chi connectivity index (χ1) is 23.0. The number of hydrogen-bond donors (Lipinski definition) is 4. The van der Waals surface area contributed by atoms with Gasteiger partial charge >= 0.3 is 0 Å². The lowest BCUT2D eigenvalue weighted by atomic mass is 10.0. The third kappa shape index (κ3) is 34.0. The fraction of sp³-hybridized carbons (Fsp3) is 0.786. The van der Waals surface area contributed by atoms with Crippen molar-refractivity contribution < 1.29 is 20.1 Å². The Labute approximate surface area is 291 Å². The Hall–Kier alpha value is -1.69. The molecular formula is C42H77NO4. The summed E-state index contributed by atoms with van der Waals surface area (Å²) in [4.78, 5) is 12.3. The van der Waals surface area contributed by atoms with Gasteiger partial charge in [-0.25, -0.2) is 0 Å².